The van der Waals surface area contributed by atoms with Crippen molar-refractivity contribution in [2.24, 2.45) is 11.8 Å². The van der Waals surface area contributed by atoms with E-state index in [0.29, 0.717) is 6.04 Å². The fraction of sp³-hybridized carbons (Fsp3) is 1.00. The Morgan fingerprint density at radius 1 is 1.05 bits per heavy atom. The third kappa shape index (κ3) is 4.01. The standard InChI is InChI=1S/C19H37NO/c1-4-15-20-18(17-12-8-7-11-16(17)5-2)19(21-3)13-9-6-10-14-19/h16-18,20H,4-15H2,1-3H3. The van der Waals surface area contributed by atoms with Crippen molar-refractivity contribution < 1.29 is 4.74 Å². The average Bonchev–Trinajstić information content (AvgIpc) is 2.56. The van der Waals surface area contributed by atoms with Gasteiger partial charge in [-0.25, -0.2) is 0 Å². The number of hydrogen-bond donors (Lipinski definition) is 1. The Kier molecular flexibility index (Phi) is 7.01. The number of rotatable bonds is 7. The molecule has 0 radical (unpaired) electrons. The lowest BCUT2D eigenvalue weighted by atomic mass is 9.66. The lowest BCUT2D eigenvalue weighted by Crippen LogP contribution is -2.58. The van der Waals surface area contributed by atoms with E-state index in [2.05, 4.69) is 19.2 Å². The van der Waals surface area contributed by atoms with Gasteiger partial charge < -0.3 is 10.1 Å². The van der Waals surface area contributed by atoms with Gasteiger partial charge in [-0.3, -0.25) is 0 Å². The minimum absolute atomic E-state index is 0.114. The maximum Gasteiger partial charge on any atom is 0.0833 e. The summed E-state index contributed by atoms with van der Waals surface area (Å²) in [6, 6.07) is 0.577. The highest BCUT2D eigenvalue weighted by Crippen LogP contribution is 2.43. The van der Waals surface area contributed by atoms with Crippen molar-refractivity contribution in [2.45, 2.75) is 96.1 Å². The summed E-state index contributed by atoms with van der Waals surface area (Å²) < 4.78 is 6.22. The van der Waals surface area contributed by atoms with Crippen molar-refractivity contribution in [2.75, 3.05) is 13.7 Å². The first kappa shape index (κ1) is 17.3. The summed E-state index contributed by atoms with van der Waals surface area (Å²) in [4.78, 5) is 0. The monoisotopic (exact) mass is 295 g/mol. The molecule has 0 aromatic rings. The fourth-order valence-electron chi connectivity index (χ4n) is 5.00. The zero-order chi connectivity index (χ0) is 15.1. The summed E-state index contributed by atoms with van der Waals surface area (Å²) in [6.07, 6.45) is 14.9. The van der Waals surface area contributed by atoms with Crippen molar-refractivity contribution in [3.63, 3.8) is 0 Å². The molecule has 0 spiro atoms. The van der Waals surface area contributed by atoms with Crippen LogP contribution in [0.15, 0.2) is 0 Å². The average molecular weight is 296 g/mol. The van der Waals surface area contributed by atoms with Crippen molar-refractivity contribution in [1.82, 2.24) is 5.32 Å². The van der Waals surface area contributed by atoms with Crippen LogP contribution in [0.1, 0.15) is 84.5 Å². The van der Waals surface area contributed by atoms with Crippen LogP contribution in [0.4, 0.5) is 0 Å². The number of ether oxygens (including phenoxy) is 1. The van der Waals surface area contributed by atoms with Gasteiger partial charge in [0.2, 0.25) is 0 Å². The molecule has 2 heteroatoms. The van der Waals surface area contributed by atoms with Crippen molar-refractivity contribution in [3.8, 4) is 0 Å². The van der Waals surface area contributed by atoms with E-state index in [4.69, 9.17) is 4.74 Å². The summed E-state index contributed by atoms with van der Waals surface area (Å²) in [6.45, 7) is 5.81. The highest BCUT2D eigenvalue weighted by molar-refractivity contribution is 5.00. The third-order valence-electron chi connectivity index (χ3n) is 6.21. The van der Waals surface area contributed by atoms with E-state index >= 15 is 0 Å². The molecule has 2 nitrogen and oxygen atoms in total. The van der Waals surface area contributed by atoms with Gasteiger partial charge >= 0.3 is 0 Å². The van der Waals surface area contributed by atoms with Gasteiger partial charge in [-0.2, -0.15) is 0 Å². The Labute approximate surface area is 132 Å². The SMILES string of the molecule is CCCNC(C1CCCCC1CC)C1(OC)CCCCC1. The molecule has 1 N–H and O–H groups in total. The molecule has 0 saturated heterocycles. The second-order valence-electron chi connectivity index (χ2n) is 7.38. The van der Waals surface area contributed by atoms with Crippen LogP contribution in [-0.2, 0) is 4.74 Å². The molecule has 2 aliphatic carbocycles. The second kappa shape index (κ2) is 8.53. The highest BCUT2D eigenvalue weighted by Gasteiger charge is 2.45. The van der Waals surface area contributed by atoms with Gasteiger partial charge in [-0.15, -0.1) is 0 Å². The molecule has 0 aliphatic heterocycles. The fourth-order valence-corrected chi connectivity index (χ4v) is 5.00. The van der Waals surface area contributed by atoms with Crippen LogP contribution in [0.25, 0.3) is 0 Å². The molecule has 124 valence electrons. The van der Waals surface area contributed by atoms with Crippen LogP contribution in [0.5, 0.6) is 0 Å². The maximum absolute atomic E-state index is 6.22. The van der Waals surface area contributed by atoms with E-state index in [1.54, 1.807) is 0 Å². The molecule has 3 unspecified atom stereocenters. The van der Waals surface area contributed by atoms with E-state index in [0.717, 1.165) is 18.4 Å². The van der Waals surface area contributed by atoms with Crippen molar-refractivity contribution >= 4 is 0 Å². The molecule has 0 amide bonds. The molecule has 0 heterocycles. The lowest BCUT2D eigenvalue weighted by molar-refractivity contribution is -0.0924. The molecule has 3 atom stereocenters. The van der Waals surface area contributed by atoms with E-state index in [1.165, 1.54) is 70.6 Å². The van der Waals surface area contributed by atoms with Gasteiger partial charge in [0.1, 0.15) is 0 Å². The van der Waals surface area contributed by atoms with Crippen molar-refractivity contribution in [3.05, 3.63) is 0 Å². The molecule has 21 heavy (non-hydrogen) atoms. The highest BCUT2D eigenvalue weighted by atomic mass is 16.5. The summed E-state index contributed by atoms with van der Waals surface area (Å²) in [5.41, 5.74) is 0.114. The van der Waals surface area contributed by atoms with E-state index in [-0.39, 0.29) is 5.60 Å². The van der Waals surface area contributed by atoms with E-state index in [1.807, 2.05) is 7.11 Å². The first-order valence-electron chi connectivity index (χ1n) is 9.56. The summed E-state index contributed by atoms with van der Waals surface area (Å²) in [5, 5.41) is 3.94. The number of hydrogen-bond acceptors (Lipinski definition) is 2. The Morgan fingerprint density at radius 3 is 2.38 bits per heavy atom. The van der Waals surface area contributed by atoms with Gasteiger partial charge in [0.05, 0.1) is 5.60 Å². The Morgan fingerprint density at radius 2 is 1.76 bits per heavy atom. The smallest absolute Gasteiger partial charge is 0.0833 e. The third-order valence-corrected chi connectivity index (χ3v) is 6.21. The van der Waals surface area contributed by atoms with Crippen LogP contribution in [0.3, 0.4) is 0 Å². The Hall–Kier alpha value is -0.0800. The molecule has 2 fully saturated rings. The molecule has 2 rings (SSSR count). The molecule has 0 aromatic heterocycles. The lowest BCUT2D eigenvalue weighted by Gasteiger charge is -2.49. The number of nitrogens with one attached hydrogen (secondary N) is 1. The summed E-state index contributed by atoms with van der Waals surface area (Å²) in [5.74, 6) is 1.73. The van der Waals surface area contributed by atoms with Crippen LogP contribution in [-0.4, -0.2) is 25.3 Å². The normalized spacial score (nSPS) is 31.0. The molecule has 2 aliphatic rings. The largest absolute Gasteiger partial charge is 0.377 e. The van der Waals surface area contributed by atoms with Crippen LogP contribution < -0.4 is 5.32 Å². The first-order chi connectivity index (χ1) is 10.3. The Bertz CT molecular complexity index is 285. The van der Waals surface area contributed by atoms with E-state index < -0.39 is 0 Å². The molecular weight excluding hydrogens is 258 g/mol. The minimum atomic E-state index is 0.114. The minimum Gasteiger partial charge on any atom is -0.377 e. The van der Waals surface area contributed by atoms with Gasteiger partial charge in [0.15, 0.2) is 0 Å². The zero-order valence-corrected chi connectivity index (χ0v) is 14.6. The number of methoxy groups -OCH3 is 1. The molecule has 0 aromatic carbocycles. The van der Waals surface area contributed by atoms with Gasteiger partial charge in [0.25, 0.3) is 0 Å². The quantitative estimate of drug-likeness (QED) is 0.720. The summed E-state index contributed by atoms with van der Waals surface area (Å²) >= 11 is 0. The predicted octanol–water partition coefficient (Wildman–Crippen LogP) is 4.92. The molecular formula is C19H37NO. The van der Waals surface area contributed by atoms with Crippen LogP contribution in [0, 0.1) is 11.8 Å². The van der Waals surface area contributed by atoms with Crippen LogP contribution >= 0.6 is 0 Å². The summed E-state index contributed by atoms with van der Waals surface area (Å²) in [7, 11) is 1.97. The molecule has 2 saturated carbocycles. The second-order valence-corrected chi connectivity index (χ2v) is 7.38. The topological polar surface area (TPSA) is 21.3 Å². The predicted molar refractivity (Wildman–Crippen MR) is 90.6 cm³/mol. The van der Waals surface area contributed by atoms with Gasteiger partial charge in [-0.05, 0) is 44.1 Å². The van der Waals surface area contributed by atoms with Crippen LogP contribution in [0.2, 0.25) is 0 Å². The Balaban J connectivity index is 2.18. The van der Waals surface area contributed by atoms with Crippen molar-refractivity contribution in [1.29, 1.82) is 0 Å². The maximum atomic E-state index is 6.22. The van der Waals surface area contributed by atoms with Gasteiger partial charge in [-0.1, -0.05) is 58.8 Å². The molecule has 0 bridgehead atoms. The van der Waals surface area contributed by atoms with E-state index in [9.17, 15) is 0 Å². The van der Waals surface area contributed by atoms with Gasteiger partial charge in [0, 0.05) is 13.2 Å². The zero-order valence-electron chi connectivity index (χ0n) is 14.6. The first-order valence-corrected chi connectivity index (χ1v) is 9.56.